The third-order valence-electron chi connectivity index (χ3n) is 2.81. The zero-order valence-electron chi connectivity index (χ0n) is 8.03. The molecule has 1 atom stereocenters. The molecule has 1 heterocycles. The molecule has 4 heteroatoms. The van der Waals surface area contributed by atoms with E-state index in [4.69, 9.17) is 5.73 Å². The maximum Gasteiger partial charge on any atom is 0.0861 e. The summed E-state index contributed by atoms with van der Waals surface area (Å²) in [7, 11) is 1.97. The summed E-state index contributed by atoms with van der Waals surface area (Å²) in [4.78, 5) is 0. The minimum absolute atomic E-state index is 0.591. The Hall–Kier alpha value is -0.900. The number of aryl methyl sites for hydroxylation is 2. The van der Waals surface area contributed by atoms with E-state index in [1.165, 1.54) is 24.2 Å². The normalized spacial score (nSPS) is 21.5. The van der Waals surface area contributed by atoms with Gasteiger partial charge in [-0.1, -0.05) is 5.21 Å². The topological polar surface area (TPSA) is 56.7 Å². The van der Waals surface area contributed by atoms with Crippen LogP contribution in [0.15, 0.2) is 0 Å². The van der Waals surface area contributed by atoms with Gasteiger partial charge in [0.25, 0.3) is 0 Å². The first-order valence-electron chi connectivity index (χ1n) is 4.91. The average molecular weight is 180 g/mol. The van der Waals surface area contributed by atoms with E-state index < -0.39 is 0 Å². The van der Waals surface area contributed by atoms with Crippen LogP contribution in [-0.4, -0.2) is 21.5 Å². The summed E-state index contributed by atoms with van der Waals surface area (Å²) in [5.41, 5.74) is 8.09. The first kappa shape index (κ1) is 8.69. The molecule has 0 saturated carbocycles. The van der Waals surface area contributed by atoms with Crippen molar-refractivity contribution >= 4 is 0 Å². The Morgan fingerprint density at radius 1 is 1.62 bits per heavy atom. The van der Waals surface area contributed by atoms with Crippen LogP contribution in [0.25, 0.3) is 0 Å². The quantitative estimate of drug-likeness (QED) is 0.724. The lowest BCUT2D eigenvalue weighted by Crippen LogP contribution is -2.16. The van der Waals surface area contributed by atoms with Crippen LogP contribution in [0.2, 0.25) is 0 Å². The summed E-state index contributed by atoms with van der Waals surface area (Å²) < 4.78 is 1.91. The molecular weight excluding hydrogens is 164 g/mol. The second kappa shape index (κ2) is 3.46. The number of aromatic nitrogens is 3. The van der Waals surface area contributed by atoms with E-state index in [1.807, 2.05) is 11.7 Å². The molecule has 0 aromatic carbocycles. The van der Waals surface area contributed by atoms with Gasteiger partial charge in [0, 0.05) is 13.0 Å². The van der Waals surface area contributed by atoms with Gasteiger partial charge in [0.15, 0.2) is 0 Å². The summed E-state index contributed by atoms with van der Waals surface area (Å²) in [6, 6.07) is 0. The van der Waals surface area contributed by atoms with Crippen LogP contribution in [0.5, 0.6) is 0 Å². The summed E-state index contributed by atoms with van der Waals surface area (Å²) in [5, 5.41) is 8.22. The van der Waals surface area contributed by atoms with Crippen LogP contribution in [0.4, 0.5) is 0 Å². The largest absolute Gasteiger partial charge is 0.330 e. The van der Waals surface area contributed by atoms with Gasteiger partial charge in [-0.25, -0.2) is 0 Å². The first-order valence-corrected chi connectivity index (χ1v) is 4.91. The van der Waals surface area contributed by atoms with Gasteiger partial charge in [-0.05, 0) is 32.2 Å². The zero-order valence-corrected chi connectivity index (χ0v) is 8.03. The smallest absolute Gasteiger partial charge is 0.0861 e. The van der Waals surface area contributed by atoms with E-state index in [1.54, 1.807) is 0 Å². The highest BCUT2D eigenvalue weighted by molar-refractivity contribution is 5.18. The van der Waals surface area contributed by atoms with Crippen molar-refractivity contribution in [2.75, 3.05) is 6.54 Å². The molecule has 0 aliphatic heterocycles. The molecule has 0 saturated heterocycles. The van der Waals surface area contributed by atoms with Gasteiger partial charge in [-0.15, -0.1) is 5.10 Å². The second-order valence-corrected chi connectivity index (χ2v) is 3.71. The monoisotopic (exact) mass is 180 g/mol. The van der Waals surface area contributed by atoms with Gasteiger partial charge in [0.1, 0.15) is 0 Å². The first-order chi connectivity index (χ1) is 6.33. The lowest BCUT2D eigenvalue weighted by atomic mass is 9.87. The Balaban J connectivity index is 2.29. The molecule has 2 rings (SSSR count). The van der Waals surface area contributed by atoms with Crippen molar-refractivity contribution in [3.63, 3.8) is 0 Å². The van der Waals surface area contributed by atoms with Gasteiger partial charge in [0.05, 0.1) is 11.4 Å². The highest BCUT2D eigenvalue weighted by atomic mass is 15.4. The molecule has 0 radical (unpaired) electrons. The Bertz CT molecular complexity index is 292. The van der Waals surface area contributed by atoms with Gasteiger partial charge in [-0.2, -0.15) is 0 Å². The molecule has 4 nitrogen and oxygen atoms in total. The fourth-order valence-electron chi connectivity index (χ4n) is 2.22. The fourth-order valence-corrected chi connectivity index (χ4v) is 2.22. The molecule has 1 aromatic heterocycles. The van der Waals surface area contributed by atoms with E-state index in [0.717, 1.165) is 19.4 Å². The highest BCUT2D eigenvalue weighted by Crippen LogP contribution is 2.31. The SMILES string of the molecule is Cn1nnc2c1C(CCN)CCC2. The van der Waals surface area contributed by atoms with Crippen LogP contribution in [0.1, 0.15) is 36.6 Å². The number of nitrogens with two attached hydrogens (primary N) is 1. The van der Waals surface area contributed by atoms with E-state index in [-0.39, 0.29) is 0 Å². The van der Waals surface area contributed by atoms with Crippen molar-refractivity contribution in [3.05, 3.63) is 11.4 Å². The molecule has 2 N–H and O–H groups in total. The lowest BCUT2D eigenvalue weighted by Gasteiger charge is -2.21. The van der Waals surface area contributed by atoms with Crippen LogP contribution < -0.4 is 5.73 Å². The second-order valence-electron chi connectivity index (χ2n) is 3.71. The third-order valence-corrected chi connectivity index (χ3v) is 2.81. The Morgan fingerprint density at radius 2 is 2.46 bits per heavy atom. The summed E-state index contributed by atoms with van der Waals surface area (Å²) >= 11 is 0. The molecule has 1 aliphatic carbocycles. The summed E-state index contributed by atoms with van der Waals surface area (Å²) in [6.45, 7) is 0.759. The van der Waals surface area contributed by atoms with E-state index in [2.05, 4.69) is 10.3 Å². The highest BCUT2D eigenvalue weighted by Gasteiger charge is 2.24. The van der Waals surface area contributed by atoms with Crippen LogP contribution >= 0.6 is 0 Å². The zero-order chi connectivity index (χ0) is 9.26. The maximum absolute atomic E-state index is 5.59. The molecule has 0 fully saturated rings. The van der Waals surface area contributed by atoms with E-state index in [0.29, 0.717) is 5.92 Å². The fraction of sp³-hybridized carbons (Fsp3) is 0.778. The Kier molecular flexibility index (Phi) is 2.31. The standard InChI is InChI=1S/C9H16N4/c1-13-9-7(5-6-10)3-2-4-8(9)11-12-13/h7H,2-6,10H2,1H3. The molecule has 1 unspecified atom stereocenters. The van der Waals surface area contributed by atoms with Gasteiger partial charge in [-0.3, -0.25) is 4.68 Å². The Morgan fingerprint density at radius 3 is 3.23 bits per heavy atom. The molecule has 1 aliphatic rings. The molecular formula is C9H16N4. The minimum atomic E-state index is 0.591. The van der Waals surface area contributed by atoms with Crippen LogP contribution in [-0.2, 0) is 13.5 Å². The van der Waals surface area contributed by atoms with Gasteiger partial charge < -0.3 is 5.73 Å². The van der Waals surface area contributed by atoms with Crippen molar-refractivity contribution in [1.82, 2.24) is 15.0 Å². The van der Waals surface area contributed by atoms with Crippen molar-refractivity contribution in [2.45, 2.75) is 31.6 Å². The summed E-state index contributed by atoms with van der Waals surface area (Å²) in [6.07, 6.45) is 4.63. The molecule has 13 heavy (non-hydrogen) atoms. The molecule has 0 bridgehead atoms. The number of nitrogens with zero attached hydrogens (tertiary/aromatic N) is 3. The van der Waals surface area contributed by atoms with Crippen molar-refractivity contribution in [3.8, 4) is 0 Å². The Labute approximate surface area is 78.1 Å². The molecule has 72 valence electrons. The number of fused-ring (bicyclic) bond motifs is 1. The summed E-state index contributed by atoms with van der Waals surface area (Å²) in [5.74, 6) is 0.591. The molecule has 0 spiro atoms. The predicted molar refractivity (Wildman–Crippen MR) is 50.4 cm³/mol. The van der Waals surface area contributed by atoms with Crippen LogP contribution in [0.3, 0.4) is 0 Å². The molecule has 0 amide bonds. The van der Waals surface area contributed by atoms with Gasteiger partial charge in [0.2, 0.25) is 0 Å². The third kappa shape index (κ3) is 1.46. The maximum atomic E-state index is 5.59. The van der Waals surface area contributed by atoms with E-state index in [9.17, 15) is 0 Å². The number of hydrogen-bond acceptors (Lipinski definition) is 3. The number of rotatable bonds is 2. The predicted octanol–water partition coefficient (Wildman–Crippen LogP) is 0.584. The average Bonchev–Trinajstić information content (AvgIpc) is 2.50. The van der Waals surface area contributed by atoms with Crippen molar-refractivity contribution in [1.29, 1.82) is 0 Å². The minimum Gasteiger partial charge on any atom is -0.330 e. The van der Waals surface area contributed by atoms with Crippen molar-refractivity contribution in [2.24, 2.45) is 12.8 Å². The van der Waals surface area contributed by atoms with E-state index >= 15 is 0 Å². The van der Waals surface area contributed by atoms with Crippen molar-refractivity contribution < 1.29 is 0 Å². The molecule has 1 aromatic rings. The lowest BCUT2D eigenvalue weighted by molar-refractivity contribution is 0.491. The number of hydrogen-bond donors (Lipinski definition) is 1. The van der Waals surface area contributed by atoms with Gasteiger partial charge >= 0.3 is 0 Å². The van der Waals surface area contributed by atoms with Crippen LogP contribution in [0, 0.1) is 0 Å².